The third-order valence-corrected chi connectivity index (χ3v) is 6.21. The van der Waals surface area contributed by atoms with E-state index in [0.717, 1.165) is 30.6 Å². The van der Waals surface area contributed by atoms with E-state index in [9.17, 15) is 0 Å². The van der Waals surface area contributed by atoms with Gasteiger partial charge in [-0.15, -0.1) is 16.6 Å². The molecule has 0 radical (unpaired) electrons. The average molecular weight is 407 g/mol. The number of aromatic nitrogens is 2. The van der Waals surface area contributed by atoms with Crippen LogP contribution in [0.4, 0.5) is 5.69 Å². The van der Waals surface area contributed by atoms with Crippen molar-refractivity contribution in [3.63, 3.8) is 0 Å². The van der Waals surface area contributed by atoms with Crippen LogP contribution >= 0.6 is 0 Å². The molecule has 30 heavy (non-hydrogen) atoms. The zero-order valence-corrected chi connectivity index (χ0v) is 18.9. The number of nitrogens with zero attached hydrogens (tertiary/aromatic N) is 3. The minimum atomic E-state index is 0.436. The number of hydrogen-bond donors (Lipinski definition) is 1. The molecule has 1 aliphatic carbocycles. The van der Waals surface area contributed by atoms with E-state index in [2.05, 4.69) is 65.3 Å². The van der Waals surface area contributed by atoms with Gasteiger partial charge < -0.3 is 14.6 Å². The molecule has 160 valence electrons. The summed E-state index contributed by atoms with van der Waals surface area (Å²) in [6.45, 7) is 8.41. The van der Waals surface area contributed by atoms with Crippen LogP contribution in [0.2, 0.25) is 0 Å². The maximum atomic E-state index is 6.03. The highest BCUT2D eigenvalue weighted by Gasteiger charge is 2.32. The minimum absolute atomic E-state index is 0.436. The van der Waals surface area contributed by atoms with E-state index >= 15 is 0 Å². The fourth-order valence-corrected chi connectivity index (χ4v) is 4.38. The molecule has 1 aromatic carbocycles. The van der Waals surface area contributed by atoms with Crippen molar-refractivity contribution in [2.45, 2.75) is 33.6 Å². The van der Waals surface area contributed by atoms with Gasteiger partial charge in [0.25, 0.3) is 0 Å². The van der Waals surface area contributed by atoms with Crippen LogP contribution in [0.25, 0.3) is 11.5 Å². The van der Waals surface area contributed by atoms with Gasteiger partial charge in [0.2, 0.25) is 11.8 Å². The highest BCUT2D eigenvalue weighted by atomic mass is 16.4. The molecule has 1 aliphatic rings. The number of allylic oxidation sites excluding steroid dienone is 1. The Morgan fingerprint density at radius 2 is 1.97 bits per heavy atom. The zero-order valence-electron chi connectivity index (χ0n) is 18.9. The molecule has 1 heterocycles. The molecule has 5 heteroatoms. The van der Waals surface area contributed by atoms with Crippen molar-refractivity contribution >= 4 is 5.69 Å². The third kappa shape index (κ3) is 5.31. The molecular formula is C25H34N4O. The van der Waals surface area contributed by atoms with Crippen molar-refractivity contribution in [2.75, 3.05) is 32.1 Å². The number of nitrogens with one attached hydrogen (secondary N) is 1. The molecule has 0 saturated heterocycles. The van der Waals surface area contributed by atoms with Crippen LogP contribution in [0.5, 0.6) is 0 Å². The van der Waals surface area contributed by atoms with Gasteiger partial charge in [0.1, 0.15) is 0 Å². The van der Waals surface area contributed by atoms with Crippen molar-refractivity contribution < 1.29 is 4.42 Å². The molecule has 0 bridgehead atoms. The second-order valence-corrected chi connectivity index (χ2v) is 8.90. The lowest BCUT2D eigenvalue weighted by Gasteiger charge is -2.37. The highest BCUT2D eigenvalue weighted by molar-refractivity contribution is 5.58. The second kappa shape index (κ2) is 9.95. The monoisotopic (exact) mass is 406 g/mol. The van der Waals surface area contributed by atoms with Gasteiger partial charge in [0, 0.05) is 38.3 Å². The summed E-state index contributed by atoms with van der Waals surface area (Å²) in [5.74, 6) is 6.15. The number of anilines is 1. The van der Waals surface area contributed by atoms with Crippen LogP contribution in [0.1, 0.15) is 33.1 Å². The molecule has 1 N–H and O–H groups in total. The Morgan fingerprint density at radius 1 is 1.23 bits per heavy atom. The molecule has 0 aliphatic heterocycles. The molecule has 2 aromatic rings. The van der Waals surface area contributed by atoms with E-state index < -0.39 is 0 Å². The van der Waals surface area contributed by atoms with Gasteiger partial charge in [-0.05, 0) is 61.3 Å². The van der Waals surface area contributed by atoms with Crippen molar-refractivity contribution in [3.8, 4) is 23.8 Å². The molecular weight excluding hydrogens is 372 g/mol. The van der Waals surface area contributed by atoms with Gasteiger partial charge in [-0.2, -0.15) is 0 Å². The highest BCUT2D eigenvalue weighted by Crippen LogP contribution is 2.38. The largest absolute Gasteiger partial charge is 0.421 e. The summed E-state index contributed by atoms with van der Waals surface area (Å²) in [6, 6.07) is 8.19. The number of benzene rings is 1. The lowest BCUT2D eigenvalue weighted by atomic mass is 9.70. The van der Waals surface area contributed by atoms with E-state index in [1.54, 1.807) is 0 Å². The van der Waals surface area contributed by atoms with Gasteiger partial charge in [-0.3, -0.25) is 0 Å². The zero-order chi connectivity index (χ0) is 21.7. The topological polar surface area (TPSA) is 54.2 Å². The van der Waals surface area contributed by atoms with Crippen molar-refractivity contribution in [3.05, 3.63) is 41.8 Å². The van der Waals surface area contributed by atoms with E-state index in [4.69, 9.17) is 10.8 Å². The fraction of sp³-hybridized carbons (Fsp3) is 0.520. The van der Waals surface area contributed by atoms with Gasteiger partial charge in [0.15, 0.2) is 0 Å². The van der Waals surface area contributed by atoms with Crippen molar-refractivity contribution in [1.29, 1.82) is 0 Å². The lowest BCUT2D eigenvalue weighted by Crippen LogP contribution is -2.35. The molecule has 5 nitrogen and oxygen atoms in total. The first-order chi connectivity index (χ1) is 14.4. The molecule has 0 spiro atoms. The predicted molar refractivity (Wildman–Crippen MR) is 123 cm³/mol. The molecule has 3 unspecified atom stereocenters. The first-order valence-electron chi connectivity index (χ1n) is 10.8. The van der Waals surface area contributed by atoms with Crippen molar-refractivity contribution in [1.82, 2.24) is 15.5 Å². The van der Waals surface area contributed by atoms with Crippen LogP contribution in [0.15, 0.2) is 40.3 Å². The summed E-state index contributed by atoms with van der Waals surface area (Å²) >= 11 is 0. The van der Waals surface area contributed by atoms with E-state index in [1.165, 1.54) is 5.57 Å². The summed E-state index contributed by atoms with van der Waals surface area (Å²) in [6.07, 6.45) is 9.74. The van der Waals surface area contributed by atoms with E-state index in [-0.39, 0.29) is 0 Å². The average Bonchev–Trinajstić information content (AvgIpc) is 3.18. The molecule has 1 aromatic heterocycles. The summed E-state index contributed by atoms with van der Waals surface area (Å²) in [5, 5.41) is 12.0. The Morgan fingerprint density at radius 3 is 2.60 bits per heavy atom. The Bertz CT molecular complexity index is 889. The first-order valence-corrected chi connectivity index (χ1v) is 10.8. The SMILES string of the molecule is C#CCNCC1C=C(C)C(Cc2nnc(-c3ccc(N(C)C)cc3)o2)CC1C(C)C. The third-order valence-electron chi connectivity index (χ3n) is 6.21. The van der Waals surface area contributed by atoms with Gasteiger partial charge in [-0.25, -0.2) is 0 Å². The Kier molecular flexibility index (Phi) is 7.33. The molecule has 0 amide bonds. The maximum absolute atomic E-state index is 6.03. The first kappa shape index (κ1) is 22.1. The summed E-state index contributed by atoms with van der Waals surface area (Å²) < 4.78 is 6.03. The standard InChI is InChI=1S/C25H34N4O/c1-7-12-26-16-21-13-18(4)20(14-23(21)17(2)3)15-24-27-28-25(30-24)19-8-10-22(11-9-19)29(5)6/h1,8-11,13,17,20-21,23,26H,12,14-16H2,2-6H3. The van der Waals surface area contributed by atoms with Crippen LogP contribution in [-0.4, -0.2) is 37.4 Å². The van der Waals surface area contributed by atoms with Crippen LogP contribution in [0.3, 0.4) is 0 Å². The number of rotatable bonds is 8. The predicted octanol–water partition coefficient (Wildman–Crippen LogP) is 4.42. The van der Waals surface area contributed by atoms with Crippen LogP contribution in [0, 0.1) is 36.0 Å². The molecule has 3 rings (SSSR count). The molecule has 0 saturated carbocycles. The van der Waals surface area contributed by atoms with Gasteiger partial charge in [-0.1, -0.05) is 31.4 Å². The second-order valence-electron chi connectivity index (χ2n) is 8.90. The smallest absolute Gasteiger partial charge is 0.247 e. The lowest BCUT2D eigenvalue weighted by molar-refractivity contribution is 0.220. The number of hydrogen-bond acceptors (Lipinski definition) is 5. The summed E-state index contributed by atoms with van der Waals surface area (Å²) in [7, 11) is 4.06. The Balaban J connectivity index is 1.70. The normalized spacial score (nSPS) is 21.4. The molecule has 3 atom stereocenters. The van der Waals surface area contributed by atoms with Gasteiger partial charge in [0.05, 0.1) is 6.54 Å². The molecule has 0 fully saturated rings. The quantitative estimate of drug-likeness (QED) is 0.399. The Labute approximate surface area is 181 Å². The van der Waals surface area contributed by atoms with E-state index in [0.29, 0.717) is 42.0 Å². The summed E-state index contributed by atoms with van der Waals surface area (Å²) in [5.41, 5.74) is 3.51. The summed E-state index contributed by atoms with van der Waals surface area (Å²) in [4.78, 5) is 2.07. The fourth-order valence-electron chi connectivity index (χ4n) is 4.38. The van der Waals surface area contributed by atoms with Crippen LogP contribution in [-0.2, 0) is 6.42 Å². The Hall–Kier alpha value is -2.58. The van der Waals surface area contributed by atoms with E-state index in [1.807, 2.05) is 26.2 Å². The van der Waals surface area contributed by atoms with Crippen LogP contribution < -0.4 is 10.2 Å². The minimum Gasteiger partial charge on any atom is -0.421 e. The van der Waals surface area contributed by atoms with Crippen molar-refractivity contribution in [2.24, 2.45) is 23.7 Å². The number of terminal acetylenes is 1. The maximum Gasteiger partial charge on any atom is 0.247 e. The van der Waals surface area contributed by atoms with Gasteiger partial charge >= 0.3 is 0 Å².